The van der Waals surface area contributed by atoms with Crippen molar-refractivity contribution in [2.45, 2.75) is 32.3 Å². The van der Waals surface area contributed by atoms with E-state index >= 15 is 0 Å². The third-order valence-electron chi connectivity index (χ3n) is 2.72. The van der Waals surface area contributed by atoms with E-state index in [9.17, 15) is 5.11 Å². The fraction of sp³-hybridized carbons (Fsp3) is 0.500. The molecule has 0 aliphatic carbocycles. The smallest absolute Gasteiger partial charge is 0.156 e. The minimum absolute atomic E-state index is 0.0106. The zero-order chi connectivity index (χ0) is 10.8. The van der Waals surface area contributed by atoms with Crippen LogP contribution in [0.3, 0.4) is 0 Å². The van der Waals surface area contributed by atoms with Gasteiger partial charge in [-0.25, -0.2) is 0 Å². The molecule has 82 valence electrons. The molecule has 0 spiro atoms. The minimum atomic E-state index is -0.249. The first-order valence-corrected chi connectivity index (χ1v) is 5.19. The second kappa shape index (κ2) is 4.31. The minimum Gasteiger partial charge on any atom is -0.394 e. The van der Waals surface area contributed by atoms with Crippen molar-refractivity contribution in [2.24, 2.45) is 0 Å². The van der Waals surface area contributed by atoms with E-state index in [4.69, 9.17) is 9.47 Å². The van der Waals surface area contributed by atoms with Gasteiger partial charge < -0.3 is 14.6 Å². The Balaban J connectivity index is 2.26. The standard InChI is InChI=1S/C12H16O3/c1-8-5-3-4-6-10(8)12-11(7-13)14-9(2)15-12/h3-6,9,11-13H,7H2,1-2H3. The second-order valence-corrected chi connectivity index (χ2v) is 3.84. The third kappa shape index (κ3) is 2.04. The van der Waals surface area contributed by atoms with Crippen molar-refractivity contribution >= 4 is 0 Å². The molecule has 1 aromatic rings. The van der Waals surface area contributed by atoms with Crippen molar-refractivity contribution < 1.29 is 14.6 Å². The molecule has 0 aromatic heterocycles. The topological polar surface area (TPSA) is 38.7 Å². The summed E-state index contributed by atoms with van der Waals surface area (Å²) >= 11 is 0. The maximum Gasteiger partial charge on any atom is 0.156 e. The zero-order valence-electron chi connectivity index (χ0n) is 9.01. The highest BCUT2D eigenvalue weighted by molar-refractivity contribution is 5.29. The maximum atomic E-state index is 9.20. The third-order valence-corrected chi connectivity index (χ3v) is 2.72. The van der Waals surface area contributed by atoms with Gasteiger partial charge in [-0.3, -0.25) is 0 Å². The van der Waals surface area contributed by atoms with Crippen molar-refractivity contribution in [3.05, 3.63) is 35.4 Å². The first-order chi connectivity index (χ1) is 7.22. The molecule has 0 radical (unpaired) electrons. The molecule has 2 rings (SSSR count). The quantitative estimate of drug-likeness (QED) is 0.805. The molecule has 0 saturated carbocycles. The molecule has 1 aromatic carbocycles. The lowest BCUT2D eigenvalue weighted by Crippen LogP contribution is -2.20. The van der Waals surface area contributed by atoms with Gasteiger partial charge in [0, 0.05) is 0 Å². The largest absolute Gasteiger partial charge is 0.394 e. The zero-order valence-corrected chi connectivity index (χ0v) is 9.01. The van der Waals surface area contributed by atoms with Crippen molar-refractivity contribution in [3.8, 4) is 0 Å². The summed E-state index contributed by atoms with van der Waals surface area (Å²) in [5, 5.41) is 9.20. The van der Waals surface area contributed by atoms with Gasteiger partial charge in [0.1, 0.15) is 12.2 Å². The highest BCUT2D eigenvalue weighted by Gasteiger charge is 2.34. The molecule has 3 atom stereocenters. The van der Waals surface area contributed by atoms with Gasteiger partial charge in [0.2, 0.25) is 0 Å². The Bertz CT molecular complexity index is 337. The summed E-state index contributed by atoms with van der Waals surface area (Å²) in [6.07, 6.45) is -0.640. The van der Waals surface area contributed by atoms with Crippen molar-refractivity contribution in [2.75, 3.05) is 6.61 Å². The highest BCUT2D eigenvalue weighted by Crippen LogP contribution is 2.33. The number of ether oxygens (including phenoxy) is 2. The Morgan fingerprint density at radius 1 is 1.27 bits per heavy atom. The van der Waals surface area contributed by atoms with Crippen LogP contribution in [0.5, 0.6) is 0 Å². The second-order valence-electron chi connectivity index (χ2n) is 3.84. The van der Waals surface area contributed by atoms with E-state index in [0.717, 1.165) is 5.56 Å². The summed E-state index contributed by atoms with van der Waals surface area (Å²) in [7, 11) is 0. The van der Waals surface area contributed by atoms with E-state index in [1.807, 2.05) is 38.1 Å². The van der Waals surface area contributed by atoms with Crippen LogP contribution in [-0.4, -0.2) is 24.1 Å². The summed E-state index contributed by atoms with van der Waals surface area (Å²) in [5.41, 5.74) is 2.26. The molecule has 0 amide bonds. The van der Waals surface area contributed by atoms with E-state index in [1.165, 1.54) is 5.56 Å². The van der Waals surface area contributed by atoms with Crippen LogP contribution in [0.4, 0.5) is 0 Å². The summed E-state index contributed by atoms with van der Waals surface area (Å²) in [4.78, 5) is 0. The number of benzene rings is 1. The normalized spacial score (nSPS) is 30.7. The summed E-state index contributed by atoms with van der Waals surface area (Å²) < 4.78 is 11.1. The molecule has 1 saturated heterocycles. The van der Waals surface area contributed by atoms with E-state index in [2.05, 4.69) is 0 Å². The molecule has 1 aliphatic rings. The van der Waals surface area contributed by atoms with Gasteiger partial charge in [0.25, 0.3) is 0 Å². The summed E-state index contributed by atoms with van der Waals surface area (Å²) in [5.74, 6) is 0. The van der Waals surface area contributed by atoms with Crippen LogP contribution < -0.4 is 0 Å². The van der Waals surface area contributed by atoms with Gasteiger partial charge in [0.05, 0.1) is 6.61 Å². The Labute approximate surface area is 89.6 Å². The van der Waals surface area contributed by atoms with Gasteiger partial charge in [-0.05, 0) is 25.0 Å². The molecule has 0 bridgehead atoms. The van der Waals surface area contributed by atoms with Gasteiger partial charge in [-0.1, -0.05) is 24.3 Å². The molecule has 1 aliphatic heterocycles. The van der Waals surface area contributed by atoms with Gasteiger partial charge in [-0.2, -0.15) is 0 Å². The van der Waals surface area contributed by atoms with Crippen molar-refractivity contribution in [1.82, 2.24) is 0 Å². The average Bonchev–Trinajstić information content (AvgIpc) is 2.60. The number of hydrogen-bond acceptors (Lipinski definition) is 3. The molecule has 3 heteroatoms. The van der Waals surface area contributed by atoms with Crippen molar-refractivity contribution in [3.63, 3.8) is 0 Å². The van der Waals surface area contributed by atoms with E-state index in [1.54, 1.807) is 0 Å². The average molecular weight is 208 g/mol. The van der Waals surface area contributed by atoms with Crippen LogP contribution >= 0.6 is 0 Å². The molecule has 3 nitrogen and oxygen atoms in total. The van der Waals surface area contributed by atoms with Crippen LogP contribution in [0.2, 0.25) is 0 Å². The molecule has 1 fully saturated rings. The summed E-state index contributed by atoms with van der Waals surface area (Å²) in [6.45, 7) is 3.88. The Hall–Kier alpha value is -0.900. The predicted octanol–water partition coefficient (Wildman–Crippen LogP) is 1.79. The van der Waals surface area contributed by atoms with Crippen molar-refractivity contribution in [1.29, 1.82) is 0 Å². The first-order valence-electron chi connectivity index (χ1n) is 5.19. The molecule has 1 N–H and O–H groups in total. The number of aryl methyl sites for hydroxylation is 1. The molecular formula is C12H16O3. The fourth-order valence-corrected chi connectivity index (χ4v) is 1.96. The lowest BCUT2D eigenvalue weighted by Gasteiger charge is -2.16. The number of hydrogen-bond donors (Lipinski definition) is 1. The van der Waals surface area contributed by atoms with Gasteiger partial charge in [0.15, 0.2) is 6.29 Å². The lowest BCUT2D eigenvalue weighted by atomic mass is 10.00. The Kier molecular flexibility index (Phi) is 3.05. The Morgan fingerprint density at radius 3 is 2.67 bits per heavy atom. The number of aliphatic hydroxyl groups excluding tert-OH is 1. The predicted molar refractivity (Wildman–Crippen MR) is 56.4 cm³/mol. The number of rotatable bonds is 2. The Morgan fingerprint density at radius 2 is 2.00 bits per heavy atom. The van der Waals surface area contributed by atoms with E-state index in [0.29, 0.717) is 0 Å². The molecule has 15 heavy (non-hydrogen) atoms. The fourth-order valence-electron chi connectivity index (χ4n) is 1.96. The summed E-state index contributed by atoms with van der Waals surface area (Å²) in [6, 6.07) is 8.02. The van der Waals surface area contributed by atoms with E-state index < -0.39 is 0 Å². The van der Waals surface area contributed by atoms with E-state index in [-0.39, 0.29) is 25.1 Å². The van der Waals surface area contributed by atoms with Crippen LogP contribution in [0.25, 0.3) is 0 Å². The maximum absolute atomic E-state index is 9.20. The van der Waals surface area contributed by atoms with Gasteiger partial charge in [-0.15, -0.1) is 0 Å². The monoisotopic (exact) mass is 208 g/mol. The van der Waals surface area contributed by atoms with Crippen LogP contribution in [-0.2, 0) is 9.47 Å². The first kappa shape index (κ1) is 10.6. The van der Waals surface area contributed by atoms with Gasteiger partial charge >= 0.3 is 0 Å². The highest BCUT2D eigenvalue weighted by atomic mass is 16.7. The van der Waals surface area contributed by atoms with Crippen LogP contribution in [0.1, 0.15) is 24.2 Å². The molecule has 3 unspecified atom stereocenters. The molecular weight excluding hydrogens is 192 g/mol. The SMILES string of the molecule is Cc1ccccc1C1OC(C)OC1CO. The number of aliphatic hydroxyl groups is 1. The van der Waals surface area contributed by atoms with Crippen LogP contribution in [0, 0.1) is 6.92 Å². The molecule has 1 heterocycles. The van der Waals surface area contributed by atoms with Crippen LogP contribution in [0.15, 0.2) is 24.3 Å². The lowest BCUT2D eigenvalue weighted by molar-refractivity contribution is -0.0564.